The minimum atomic E-state index is -3.30. The summed E-state index contributed by atoms with van der Waals surface area (Å²) in [5.74, 6) is -0.342. The number of carbonyl (C=O) groups is 1. The molecule has 0 aromatic heterocycles. The standard InChI is InChI=1S/C15H28N2O3S.ClH/c16-10-14(12-6-2-1-3-7-12)17-15(18)11-21(19,20)13-8-4-5-9-13;/h12-14H,1-11,16H2,(H,17,18);1H. The zero-order valence-corrected chi connectivity index (χ0v) is 14.8. The number of nitrogens with two attached hydrogens (primary N) is 1. The third kappa shape index (κ3) is 5.39. The summed E-state index contributed by atoms with van der Waals surface area (Å²) in [5.41, 5.74) is 5.77. The van der Waals surface area contributed by atoms with E-state index in [1.54, 1.807) is 0 Å². The molecular weight excluding hydrogens is 324 g/mol. The SMILES string of the molecule is Cl.NCC(NC(=O)CS(=O)(=O)C1CCCC1)C1CCCCC1. The van der Waals surface area contributed by atoms with Crippen molar-refractivity contribution in [1.82, 2.24) is 5.32 Å². The Kier molecular flexibility index (Phi) is 8.14. The lowest BCUT2D eigenvalue weighted by molar-refractivity contribution is -0.119. The van der Waals surface area contributed by atoms with Crippen molar-refractivity contribution in [1.29, 1.82) is 0 Å². The van der Waals surface area contributed by atoms with Gasteiger partial charge in [-0.25, -0.2) is 8.42 Å². The molecule has 2 saturated carbocycles. The molecule has 5 nitrogen and oxygen atoms in total. The van der Waals surface area contributed by atoms with Gasteiger partial charge in [-0.05, 0) is 31.6 Å². The van der Waals surface area contributed by atoms with Crippen molar-refractivity contribution < 1.29 is 13.2 Å². The minimum absolute atomic E-state index is 0. The maximum Gasteiger partial charge on any atom is 0.235 e. The second kappa shape index (κ2) is 9.08. The summed E-state index contributed by atoms with van der Waals surface area (Å²) in [6, 6.07) is -0.0726. The molecule has 0 bridgehead atoms. The highest BCUT2D eigenvalue weighted by Crippen LogP contribution is 2.27. The summed E-state index contributed by atoms with van der Waals surface area (Å²) in [6.45, 7) is 0.389. The van der Waals surface area contributed by atoms with Gasteiger partial charge in [-0.15, -0.1) is 12.4 Å². The Balaban J connectivity index is 0.00000242. The lowest BCUT2D eigenvalue weighted by atomic mass is 9.84. The Bertz CT molecular complexity index is 444. The molecule has 130 valence electrons. The third-order valence-electron chi connectivity index (χ3n) is 4.96. The topological polar surface area (TPSA) is 89.3 Å². The van der Waals surface area contributed by atoms with Gasteiger partial charge in [-0.1, -0.05) is 32.1 Å². The van der Waals surface area contributed by atoms with Crippen molar-refractivity contribution in [2.75, 3.05) is 12.3 Å². The van der Waals surface area contributed by atoms with Crippen molar-refractivity contribution in [2.24, 2.45) is 11.7 Å². The summed E-state index contributed by atoms with van der Waals surface area (Å²) in [7, 11) is -3.30. The average molecular weight is 353 g/mol. The summed E-state index contributed by atoms with van der Waals surface area (Å²) in [5, 5.41) is 2.56. The first kappa shape index (κ1) is 19.7. The van der Waals surface area contributed by atoms with Crippen LogP contribution in [0.4, 0.5) is 0 Å². The van der Waals surface area contributed by atoms with Crippen LogP contribution < -0.4 is 11.1 Å². The number of hydrogen-bond donors (Lipinski definition) is 2. The molecule has 1 atom stereocenters. The van der Waals surface area contributed by atoms with Crippen LogP contribution in [0.15, 0.2) is 0 Å². The number of hydrogen-bond acceptors (Lipinski definition) is 4. The Morgan fingerprint density at radius 2 is 1.59 bits per heavy atom. The molecule has 1 unspecified atom stereocenters. The maximum atomic E-state index is 12.2. The Hall–Kier alpha value is -0.330. The fraction of sp³-hybridized carbons (Fsp3) is 0.933. The highest BCUT2D eigenvalue weighted by Gasteiger charge is 2.32. The summed E-state index contributed by atoms with van der Waals surface area (Å²) >= 11 is 0. The molecule has 22 heavy (non-hydrogen) atoms. The molecule has 2 rings (SSSR count). The molecule has 2 aliphatic rings. The van der Waals surface area contributed by atoms with Gasteiger partial charge in [-0.3, -0.25) is 4.79 Å². The van der Waals surface area contributed by atoms with E-state index < -0.39 is 9.84 Å². The van der Waals surface area contributed by atoms with Gasteiger partial charge in [0.15, 0.2) is 9.84 Å². The lowest BCUT2D eigenvalue weighted by Crippen LogP contribution is -2.48. The molecule has 0 heterocycles. The van der Waals surface area contributed by atoms with Crippen LogP contribution in [0.25, 0.3) is 0 Å². The molecule has 0 spiro atoms. The van der Waals surface area contributed by atoms with Crippen molar-refractivity contribution in [3.05, 3.63) is 0 Å². The van der Waals surface area contributed by atoms with Gasteiger partial charge in [0, 0.05) is 12.6 Å². The predicted molar refractivity (Wildman–Crippen MR) is 90.9 cm³/mol. The van der Waals surface area contributed by atoms with Crippen molar-refractivity contribution in [2.45, 2.75) is 69.1 Å². The Morgan fingerprint density at radius 1 is 1.05 bits per heavy atom. The molecule has 2 aliphatic carbocycles. The molecule has 7 heteroatoms. The van der Waals surface area contributed by atoms with Crippen LogP contribution in [0.5, 0.6) is 0 Å². The first-order valence-electron chi connectivity index (χ1n) is 8.24. The number of rotatable bonds is 6. The fourth-order valence-electron chi connectivity index (χ4n) is 3.70. The molecule has 0 radical (unpaired) electrons. The van der Waals surface area contributed by atoms with Gasteiger partial charge in [0.25, 0.3) is 0 Å². The lowest BCUT2D eigenvalue weighted by Gasteiger charge is -2.30. The molecule has 0 aromatic rings. The third-order valence-corrected chi connectivity index (χ3v) is 7.11. The number of halogens is 1. The monoisotopic (exact) mass is 352 g/mol. The molecule has 3 N–H and O–H groups in total. The predicted octanol–water partition coefficient (Wildman–Crippen LogP) is 1.79. The van der Waals surface area contributed by atoms with E-state index in [2.05, 4.69) is 5.32 Å². The molecular formula is C15H29ClN2O3S. The van der Waals surface area contributed by atoms with Gasteiger partial charge in [0.2, 0.25) is 5.91 Å². The van der Waals surface area contributed by atoms with Gasteiger partial charge in [-0.2, -0.15) is 0 Å². The van der Waals surface area contributed by atoms with Crippen LogP contribution >= 0.6 is 12.4 Å². The summed E-state index contributed by atoms with van der Waals surface area (Å²) in [4.78, 5) is 12.1. The van der Waals surface area contributed by atoms with Gasteiger partial charge in [0.1, 0.15) is 5.75 Å². The smallest absolute Gasteiger partial charge is 0.235 e. The Labute approximate surface area is 140 Å². The summed E-state index contributed by atoms with van der Waals surface area (Å²) in [6.07, 6.45) is 9.09. The zero-order valence-electron chi connectivity index (χ0n) is 13.1. The highest BCUT2D eigenvalue weighted by molar-refractivity contribution is 7.92. The van der Waals surface area contributed by atoms with E-state index in [9.17, 15) is 13.2 Å². The largest absolute Gasteiger partial charge is 0.351 e. The summed E-state index contributed by atoms with van der Waals surface area (Å²) < 4.78 is 24.4. The van der Waals surface area contributed by atoms with Gasteiger partial charge < -0.3 is 11.1 Å². The van der Waals surface area contributed by atoms with E-state index in [1.807, 2.05) is 0 Å². The van der Waals surface area contributed by atoms with Crippen molar-refractivity contribution in [3.8, 4) is 0 Å². The van der Waals surface area contributed by atoms with E-state index in [0.29, 0.717) is 25.3 Å². The van der Waals surface area contributed by atoms with Crippen LogP contribution in [0.1, 0.15) is 57.8 Å². The van der Waals surface area contributed by atoms with Crippen LogP contribution in [0.2, 0.25) is 0 Å². The van der Waals surface area contributed by atoms with E-state index in [0.717, 1.165) is 25.7 Å². The second-order valence-electron chi connectivity index (χ2n) is 6.52. The number of amides is 1. The average Bonchev–Trinajstić information content (AvgIpc) is 3.00. The first-order valence-corrected chi connectivity index (χ1v) is 9.95. The zero-order chi connectivity index (χ0) is 15.3. The Morgan fingerprint density at radius 3 is 2.14 bits per heavy atom. The molecule has 0 aliphatic heterocycles. The van der Waals surface area contributed by atoms with Crippen LogP contribution in [-0.2, 0) is 14.6 Å². The number of carbonyl (C=O) groups excluding carboxylic acids is 1. The van der Waals surface area contributed by atoms with E-state index in [4.69, 9.17) is 5.73 Å². The number of nitrogens with one attached hydrogen (secondary N) is 1. The van der Waals surface area contributed by atoms with Gasteiger partial charge in [0.05, 0.1) is 5.25 Å². The van der Waals surface area contributed by atoms with Crippen molar-refractivity contribution in [3.63, 3.8) is 0 Å². The molecule has 0 saturated heterocycles. The van der Waals surface area contributed by atoms with Crippen LogP contribution in [0, 0.1) is 5.92 Å². The second-order valence-corrected chi connectivity index (χ2v) is 8.80. The molecule has 1 amide bonds. The van der Waals surface area contributed by atoms with Crippen LogP contribution in [0.3, 0.4) is 0 Å². The molecule has 0 aromatic carbocycles. The number of sulfone groups is 1. The van der Waals surface area contributed by atoms with Crippen molar-refractivity contribution >= 4 is 28.2 Å². The fourth-order valence-corrected chi connectivity index (χ4v) is 5.44. The van der Waals surface area contributed by atoms with E-state index in [1.165, 1.54) is 19.3 Å². The van der Waals surface area contributed by atoms with E-state index in [-0.39, 0.29) is 35.4 Å². The molecule has 2 fully saturated rings. The normalized spacial score (nSPS) is 22.0. The van der Waals surface area contributed by atoms with E-state index >= 15 is 0 Å². The minimum Gasteiger partial charge on any atom is -0.351 e. The van der Waals surface area contributed by atoms with Gasteiger partial charge >= 0.3 is 0 Å². The van der Waals surface area contributed by atoms with Crippen LogP contribution in [-0.4, -0.2) is 37.9 Å². The first-order chi connectivity index (χ1) is 10.0. The highest BCUT2D eigenvalue weighted by atomic mass is 35.5. The quantitative estimate of drug-likeness (QED) is 0.762. The maximum absolute atomic E-state index is 12.2.